The van der Waals surface area contributed by atoms with Gasteiger partial charge in [-0.2, -0.15) is 0 Å². The van der Waals surface area contributed by atoms with Crippen LogP contribution in [0.25, 0.3) is 0 Å². The smallest absolute Gasteiger partial charge is 0.0410 e. The highest BCUT2D eigenvalue weighted by atomic mass is 35.5. The van der Waals surface area contributed by atoms with Gasteiger partial charge in [-0.05, 0) is 56.4 Å². The number of hydrogen-bond donors (Lipinski definition) is 1. The highest BCUT2D eigenvalue weighted by Gasteiger charge is 2.15. The highest BCUT2D eigenvalue weighted by molar-refractivity contribution is 6.30. The van der Waals surface area contributed by atoms with Crippen LogP contribution in [0.3, 0.4) is 0 Å². The van der Waals surface area contributed by atoms with Crippen LogP contribution in [0.4, 0.5) is 5.69 Å². The molecule has 0 aromatic heterocycles. The second-order valence-corrected chi connectivity index (χ2v) is 5.44. The molecule has 94 valence electrons. The summed E-state index contributed by atoms with van der Waals surface area (Å²) in [5.74, 6) is 0. The van der Waals surface area contributed by atoms with Gasteiger partial charge in [-0.25, -0.2) is 0 Å². The molecule has 1 heterocycles. The van der Waals surface area contributed by atoms with Crippen LogP contribution in [0.5, 0.6) is 0 Å². The molecule has 1 atom stereocenters. The van der Waals surface area contributed by atoms with E-state index in [9.17, 15) is 0 Å². The molecule has 2 N–H and O–H groups in total. The third-order valence-corrected chi connectivity index (χ3v) is 3.52. The van der Waals surface area contributed by atoms with Gasteiger partial charge in [0.15, 0.2) is 0 Å². The molecular weight excluding hydrogens is 232 g/mol. The van der Waals surface area contributed by atoms with E-state index in [0.29, 0.717) is 0 Å². The standard InChI is InChI=1S/C14H21ClN2/c1-11(16)9-12-10-13(15)5-6-14(12)17-7-3-2-4-8-17/h5-6,10-11H,2-4,7-9,16H2,1H3. The molecule has 0 aliphatic carbocycles. The Kier molecular flexibility index (Phi) is 4.30. The average Bonchev–Trinajstić information content (AvgIpc) is 2.29. The molecule has 0 amide bonds. The van der Waals surface area contributed by atoms with Crippen LogP contribution in [-0.2, 0) is 6.42 Å². The SMILES string of the molecule is CC(N)Cc1cc(Cl)ccc1N1CCCCC1. The summed E-state index contributed by atoms with van der Waals surface area (Å²) in [7, 11) is 0. The molecule has 1 aliphatic rings. The number of nitrogens with two attached hydrogens (primary N) is 1. The van der Waals surface area contributed by atoms with Crippen LogP contribution in [0, 0.1) is 0 Å². The van der Waals surface area contributed by atoms with Crippen molar-refractivity contribution in [1.82, 2.24) is 0 Å². The van der Waals surface area contributed by atoms with Crippen LogP contribution in [-0.4, -0.2) is 19.1 Å². The first-order valence-corrected chi connectivity index (χ1v) is 6.83. The normalized spacial score (nSPS) is 18.2. The van der Waals surface area contributed by atoms with Crippen LogP contribution in [0.1, 0.15) is 31.7 Å². The summed E-state index contributed by atoms with van der Waals surface area (Å²) < 4.78 is 0. The number of benzene rings is 1. The largest absolute Gasteiger partial charge is 0.371 e. The van der Waals surface area contributed by atoms with Crippen molar-refractivity contribution >= 4 is 17.3 Å². The van der Waals surface area contributed by atoms with E-state index in [2.05, 4.69) is 17.0 Å². The Labute approximate surface area is 109 Å². The van der Waals surface area contributed by atoms with E-state index in [1.165, 1.54) is 30.5 Å². The van der Waals surface area contributed by atoms with Gasteiger partial charge >= 0.3 is 0 Å². The summed E-state index contributed by atoms with van der Waals surface area (Å²) >= 11 is 6.08. The van der Waals surface area contributed by atoms with Gasteiger partial charge in [0.25, 0.3) is 0 Å². The molecule has 2 nitrogen and oxygen atoms in total. The van der Waals surface area contributed by atoms with E-state index in [0.717, 1.165) is 24.5 Å². The van der Waals surface area contributed by atoms with Crippen molar-refractivity contribution in [1.29, 1.82) is 0 Å². The van der Waals surface area contributed by atoms with Crippen LogP contribution in [0.2, 0.25) is 5.02 Å². The number of anilines is 1. The van der Waals surface area contributed by atoms with E-state index in [-0.39, 0.29) is 6.04 Å². The average molecular weight is 253 g/mol. The minimum atomic E-state index is 0.178. The highest BCUT2D eigenvalue weighted by Crippen LogP contribution is 2.27. The van der Waals surface area contributed by atoms with Gasteiger partial charge < -0.3 is 10.6 Å². The Morgan fingerprint density at radius 3 is 2.65 bits per heavy atom. The summed E-state index contributed by atoms with van der Waals surface area (Å²) in [5, 5.41) is 0.807. The number of nitrogens with zero attached hydrogens (tertiary/aromatic N) is 1. The van der Waals surface area contributed by atoms with E-state index < -0.39 is 0 Å². The monoisotopic (exact) mass is 252 g/mol. The van der Waals surface area contributed by atoms with Crippen LogP contribution >= 0.6 is 11.6 Å². The maximum Gasteiger partial charge on any atom is 0.0410 e. The minimum absolute atomic E-state index is 0.178. The Balaban J connectivity index is 2.24. The summed E-state index contributed by atoms with van der Waals surface area (Å²) in [5.41, 5.74) is 8.52. The van der Waals surface area contributed by atoms with E-state index in [1.807, 2.05) is 13.0 Å². The van der Waals surface area contributed by atoms with Crippen LogP contribution < -0.4 is 10.6 Å². The maximum atomic E-state index is 6.08. The Bertz CT molecular complexity index is 370. The van der Waals surface area contributed by atoms with Crippen molar-refractivity contribution in [2.45, 2.75) is 38.6 Å². The minimum Gasteiger partial charge on any atom is -0.371 e. The van der Waals surface area contributed by atoms with E-state index in [4.69, 9.17) is 17.3 Å². The fraction of sp³-hybridized carbons (Fsp3) is 0.571. The zero-order chi connectivity index (χ0) is 12.3. The van der Waals surface area contributed by atoms with Crippen molar-refractivity contribution in [2.75, 3.05) is 18.0 Å². The van der Waals surface area contributed by atoms with Gasteiger partial charge in [0.2, 0.25) is 0 Å². The molecule has 0 radical (unpaired) electrons. The Morgan fingerprint density at radius 1 is 1.29 bits per heavy atom. The quantitative estimate of drug-likeness (QED) is 0.895. The zero-order valence-electron chi connectivity index (χ0n) is 10.5. The number of hydrogen-bond acceptors (Lipinski definition) is 2. The summed E-state index contributed by atoms with van der Waals surface area (Å²) in [6.45, 7) is 4.36. The number of piperidine rings is 1. The topological polar surface area (TPSA) is 29.3 Å². The predicted octanol–water partition coefficient (Wildman–Crippen LogP) is 3.22. The number of halogens is 1. The summed E-state index contributed by atoms with van der Waals surface area (Å²) in [4.78, 5) is 2.47. The molecule has 17 heavy (non-hydrogen) atoms. The Morgan fingerprint density at radius 2 is 2.00 bits per heavy atom. The molecule has 0 bridgehead atoms. The van der Waals surface area contributed by atoms with Gasteiger partial charge in [0, 0.05) is 29.8 Å². The van der Waals surface area contributed by atoms with Crippen molar-refractivity contribution in [3.8, 4) is 0 Å². The fourth-order valence-corrected chi connectivity index (χ4v) is 2.70. The molecule has 2 rings (SSSR count). The first kappa shape index (κ1) is 12.7. The van der Waals surface area contributed by atoms with Crippen molar-refractivity contribution in [3.05, 3.63) is 28.8 Å². The summed E-state index contributed by atoms with van der Waals surface area (Å²) in [6, 6.07) is 6.37. The van der Waals surface area contributed by atoms with Gasteiger partial charge in [0.05, 0.1) is 0 Å². The molecular formula is C14H21ClN2. The lowest BCUT2D eigenvalue weighted by Gasteiger charge is -2.31. The zero-order valence-corrected chi connectivity index (χ0v) is 11.2. The van der Waals surface area contributed by atoms with Crippen LogP contribution in [0.15, 0.2) is 18.2 Å². The van der Waals surface area contributed by atoms with Gasteiger partial charge in [0.1, 0.15) is 0 Å². The van der Waals surface area contributed by atoms with Crippen molar-refractivity contribution in [2.24, 2.45) is 5.73 Å². The third kappa shape index (κ3) is 3.36. The molecule has 1 saturated heterocycles. The third-order valence-electron chi connectivity index (χ3n) is 3.28. The lowest BCUT2D eigenvalue weighted by Crippen LogP contribution is -2.31. The molecule has 1 aliphatic heterocycles. The lowest BCUT2D eigenvalue weighted by atomic mass is 10.0. The van der Waals surface area contributed by atoms with Crippen molar-refractivity contribution in [3.63, 3.8) is 0 Å². The first-order chi connectivity index (χ1) is 8.16. The second-order valence-electron chi connectivity index (χ2n) is 5.00. The number of rotatable bonds is 3. The van der Waals surface area contributed by atoms with Gasteiger partial charge in [-0.15, -0.1) is 0 Å². The molecule has 1 unspecified atom stereocenters. The molecule has 1 fully saturated rings. The molecule has 1 aromatic carbocycles. The lowest BCUT2D eigenvalue weighted by molar-refractivity contribution is 0.575. The molecule has 0 saturated carbocycles. The molecule has 1 aromatic rings. The predicted molar refractivity (Wildman–Crippen MR) is 74.9 cm³/mol. The Hall–Kier alpha value is -0.730. The van der Waals surface area contributed by atoms with Crippen molar-refractivity contribution < 1.29 is 0 Å². The maximum absolute atomic E-state index is 6.08. The van der Waals surface area contributed by atoms with E-state index in [1.54, 1.807) is 0 Å². The molecule has 0 spiro atoms. The molecule has 3 heteroatoms. The van der Waals surface area contributed by atoms with E-state index >= 15 is 0 Å². The van der Waals surface area contributed by atoms with Gasteiger partial charge in [-0.3, -0.25) is 0 Å². The fourth-order valence-electron chi connectivity index (χ4n) is 2.51. The summed E-state index contributed by atoms with van der Waals surface area (Å²) in [6.07, 6.45) is 4.83. The van der Waals surface area contributed by atoms with Gasteiger partial charge in [-0.1, -0.05) is 11.6 Å². The first-order valence-electron chi connectivity index (χ1n) is 6.46. The second kappa shape index (κ2) is 5.74.